The molecule has 2 aromatic carbocycles. The van der Waals surface area contributed by atoms with Crippen molar-refractivity contribution in [3.8, 4) is 0 Å². The van der Waals surface area contributed by atoms with Gasteiger partial charge in [-0.1, -0.05) is 60.7 Å². The Morgan fingerprint density at radius 3 is 1.48 bits per heavy atom. The molecule has 154 valence electrons. The number of nitrogens with one attached hydrogen (secondary N) is 2. The van der Waals surface area contributed by atoms with Crippen LogP contribution in [0.3, 0.4) is 0 Å². The summed E-state index contributed by atoms with van der Waals surface area (Å²) >= 11 is 0. The van der Waals surface area contributed by atoms with Crippen LogP contribution in [-0.4, -0.2) is 31.7 Å². The van der Waals surface area contributed by atoms with Gasteiger partial charge in [0.1, 0.15) is 0 Å². The minimum Gasteiger partial charge on any atom is -0.352 e. The molecule has 0 radical (unpaired) electrons. The van der Waals surface area contributed by atoms with E-state index in [4.69, 9.17) is 0 Å². The van der Waals surface area contributed by atoms with Crippen LogP contribution in [0.4, 0.5) is 0 Å². The van der Waals surface area contributed by atoms with Gasteiger partial charge in [-0.3, -0.25) is 9.59 Å². The lowest BCUT2D eigenvalue weighted by Gasteiger charge is -2.17. The summed E-state index contributed by atoms with van der Waals surface area (Å²) < 4.78 is 24.2. The van der Waals surface area contributed by atoms with Gasteiger partial charge < -0.3 is 10.6 Å². The van der Waals surface area contributed by atoms with E-state index < -0.39 is 9.84 Å². The predicted octanol–water partition coefficient (Wildman–Crippen LogP) is 2.06. The van der Waals surface area contributed by atoms with Gasteiger partial charge in [0.15, 0.2) is 9.84 Å². The lowest BCUT2D eigenvalue weighted by Crippen LogP contribution is -2.30. The van der Waals surface area contributed by atoms with Gasteiger partial charge >= 0.3 is 0 Å². The highest BCUT2D eigenvalue weighted by atomic mass is 32.2. The molecule has 0 aromatic heterocycles. The Bertz CT molecular complexity index is 858. The Morgan fingerprint density at radius 1 is 0.724 bits per heavy atom. The number of amides is 2. The van der Waals surface area contributed by atoms with E-state index in [-0.39, 0.29) is 48.0 Å². The number of sulfone groups is 1. The fourth-order valence-electron chi connectivity index (χ4n) is 3.66. The van der Waals surface area contributed by atoms with Gasteiger partial charge in [0.2, 0.25) is 11.8 Å². The maximum Gasteiger partial charge on any atom is 0.220 e. The van der Waals surface area contributed by atoms with Gasteiger partial charge in [0.25, 0.3) is 0 Å². The van der Waals surface area contributed by atoms with E-state index in [1.807, 2.05) is 60.7 Å². The Labute approximate surface area is 171 Å². The second-order valence-corrected chi connectivity index (χ2v) is 9.68. The van der Waals surface area contributed by atoms with Crippen molar-refractivity contribution in [3.63, 3.8) is 0 Å². The van der Waals surface area contributed by atoms with Crippen LogP contribution >= 0.6 is 0 Å². The molecular formula is C22H26N2O4S. The average molecular weight is 415 g/mol. The first-order valence-electron chi connectivity index (χ1n) is 9.73. The molecular weight excluding hydrogens is 388 g/mol. The largest absolute Gasteiger partial charge is 0.352 e. The van der Waals surface area contributed by atoms with Crippen molar-refractivity contribution in [2.75, 3.05) is 11.5 Å². The van der Waals surface area contributed by atoms with Crippen LogP contribution in [0.5, 0.6) is 0 Å². The van der Waals surface area contributed by atoms with Crippen molar-refractivity contribution in [1.29, 1.82) is 0 Å². The van der Waals surface area contributed by atoms with E-state index in [0.29, 0.717) is 13.1 Å². The van der Waals surface area contributed by atoms with Crippen LogP contribution < -0.4 is 10.6 Å². The second-order valence-electron chi connectivity index (χ2n) is 7.53. The first kappa shape index (κ1) is 21.0. The molecule has 3 rings (SSSR count). The van der Waals surface area contributed by atoms with E-state index in [2.05, 4.69) is 10.6 Å². The van der Waals surface area contributed by atoms with E-state index >= 15 is 0 Å². The van der Waals surface area contributed by atoms with Crippen molar-refractivity contribution in [2.45, 2.75) is 25.9 Å². The predicted molar refractivity (Wildman–Crippen MR) is 111 cm³/mol. The summed E-state index contributed by atoms with van der Waals surface area (Å²) in [4.78, 5) is 24.6. The molecule has 1 heterocycles. The van der Waals surface area contributed by atoms with Crippen molar-refractivity contribution >= 4 is 21.7 Å². The first-order chi connectivity index (χ1) is 13.9. The topological polar surface area (TPSA) is 92.3 Å². The molecule has 0 unspecified atom stereocenters. The molecule has 1 saturated heterocycles. The van der Waals surface area contributed by atoms with E-state index in [9.17, 15) is 18.0 Å². The first-order valence-corrected chi connectivity index (χ1v) is 11.5. The normalized spacial score (nSPS) is 20.1. The Hall–Kier alpha value is -2.67. The maximum atomic E-state index is 12.3. The number of hydrogen-bond donors (Lipinski definition) is 2. The van der Waals surface area contributed by atoms with Gasteiger partial charge in [-0.2, -0.15) is 0 Å². The minimum absolute atomic E-state index is 0.0393. The fourth-order valence-corrected chi connectivity index (χ4v) is 5.88. The van der Waals surface area contributed by atoms with Crippen LogP contribution in [0.25, 0.3) is 0 Å². The molecule has 1 fully saturated rings. The molecule has 7 heteroatoms. The molecule has 0 spiro atoms. The van der Waals surface area contributed by atoms with E-state index in [1.165, 1.54) is 0 Å². The van der Waals surface area contributed by atoms with Crippen molar-refractivity contribution in [1.82, 2.24) is 10.6 Å². The highest BCUT2D eigenvalue weighted by Crippen LogP contribution is 2.30. The number of hydrogen-bond acceptors (Lipinski definition) is 4. The van der Waals surface area contributed by atoms with Crippen molar-refractivity contribution in [2.24, 2.45) is 11.8 Å². The van der Waals surface area contributed by atoms with E-state index in [0.717, 1.165) is 11.1 Å². The summed E-state index contributed by atoms with van der Waals surface area (Å²) in [5, 5.41) is 5.68. The highest BCUT2D eigenvalue weighted by Gasteiger charge is 2.39. The molecule has 0 aliphatic carbocycles. The summed E-state index contributed by atoms with van der Waals surface area (Å²) in [6, 6.07) is 19.1. The Kier molecular flexibility index (Phi) is 7.04. The summed E-state index contributed by atoms with van der Waals surface area (Å²) in [5.74, 6) is -1.13. The van der Waals surface area contributed by atoms with Crippen LogP contribution in [0.1, 0.15) is 24.0 Å². The van der Waals surface area contributed by atoms with Crippen LogP contribution in [0.2, 0.25) is 0 Å². The minimum atomic E-state index is -3.23. The summed E-state index contributed by atoms with van der Waals surface area (Å²) in [7, 11) is -3.23. The number of carbonyl (C=O) groups is 2. The lowest BCUT2D eigenvalue weighted by atomic mass is 9.89. The lowest BCUT2D eigenvalue weighted by molar-refractivity contribution is -0.124. The molecule has 1 aliphatic rings. The van der Waals surface area contributed by atoms with Gasteiger partial charge in [-0.15, -0.1) is 0 Å². The third kappa shape index (κ3) is 6.71. The summed E-state index contributed by atoms with van der Waals surface area (Å²) in [6.45, 7) is 0.808. The maximum absolute atomic E-state index is 12.3. The SMILES string of the molecule is O=C(C[C@@H]1CS(=O)(=O)C[C@H]1CC(=O)NCc1ccccc1)NCc1ccccc1. The zero-order valence-electron chi connectivity index (χ0n) is 16.2. The van der Waals surface area contributed by atoms with Crippen LogP contribution in [0, 0.1) is 11.8 Å². The second kappa shape index (κ2) is 9.69. The molecule has 6 nitrogen and oxygen atoms in total. The van der Waals surface area contributed by atoms with E-state index in [1.54, 1.807) is 0 Å². The zero-order chi connectivity index (χ0) is 20.7. The number of rotatable bonds is 8. The van der Waals surface area contributed by atoms with Gasteiger partial charge in [0.05, 0.1) is 11.5 Å². The van der Waals surface area contributed by atoms with Crippen molar-refractivity contribution in [3.05, 3.63) is 71.8 Å². The molecule has 2 N–H and O–H groups in total. The monoisotopic (exact) mass is 414 g/mol. The smallest absolute Gasteiger partial charge is 0.220 e. The molecule has 0 bridgehead atoms. The Balaban J connectivity index is 1.51. The molecule has 2 atom stereocenters. The quantitative estimate of drug-likeness (QED) is 0.692. The van der Waals surface area contributed by atoms with Crippen molar-refractivity contribution < 1.29 is 18.0 Å². The van der Waals surface area contributed by atoms with Gasteiger partial charge in [-0.05, 0) is 23.0 Å². The number of benzene rings is 2. The summed E-state index contributed by atoms with van der Waals surface area (Å²) in [6.07, 6.45) is 0.228. The average Bonchev–Trinajstić information content (AvgIpc) is 2.99. The number of carbonyl (C=O) groups excluding carboxylic acids is 2. The molecule has 2 amide bonds. The Morgan fingerprint density at radius 2 is 1.10 bits per heavy atom. The van der Waals surface area contributed by atoms with Crippen LogP contribution in [-0.2, 0) is 32.5 Å². The van der Waals surface area contributed by atoms with Crippen LogP contribution in [0.15, 0.2) is 60.7 Å². The third-order valence-electron chi connectivity index (χ3n) is 5.16. The summed E-state index contributed by atoms with van der Waals surface area (Å²) in [5.41, 5.74) is 1.97. The highest BCUT2D eigenvalue weighted by molar-refractivity contribution is 7.91. The third-order valence-corrected chi connectivity index (χ3v) is 7.03. The van der Waals surface area contributed by atoms with Gasteiger partial charge in [0, 0.05) is 25.9 Å². The molecule has 2 aromatic rings. The standard InChI is InChI=1S/C22H26N2O4S/c25-21(23-13-17-7-3-1-4-8-17)11-19-15-29(27,28)16-20(19)12-22(26)24-14-18-9-5-2-6-10-18/h1-10,19-20H,11-16H2,(H,23,25)(H,24,26)/t19-,20-/m1/s1. The molecule has 0 saturated carbocycles. The molecule has 1 aliphatic heterocycles. The van der Waals surface area contributed by atoms with Gasteiger partial charge in [-0.25, -0.2) is 8.42 Å². The zero-order valence-corrected chi connectivity index (χ0v) is 17.0. The molecule has 29 heavy (non-hydrogen) atoms. The fraction of sp³-hybridized carbons (Fsp3) is 0.364.